The highest BCUT2D eigenvalue weighted by molar-refractivity contribution is 7.98. The third-order valence-corrected chi connectivity index (χ3v) is 7.56. The molecule has 0 aromatic heterocycles. The lowest BCUT2D eigenvalue weighted by Gasteiger charge is -2.41. The van der Waals surface area contributed by atoms with Crippen LogP contribution < -0.4 is 10.1 Å². The summed E-state index contributed by atoms with van der Waals surface area (Å²) in [5.41, 5.74) is 2.66. The molecule has 1 aliphatic rings. The van der Waals surface area contributed by atoms with Crippen molar-refractivity contribution >= 4 is 29.3 Å². The highest BCUT2D eigenvalue weighted by atomic mass is 35.5. The summed E-state index contributed by atoms with van der Waals surface area (Å²) in [7, 11) is 0. The molecular formula is C27H28ClNO2S. The highest BCUT2D eigenvalue weighted by Gasteiger charge is 2.38. The van der Waals surface area contributed by atoms with Gasteiger partial charge < -0.3 is 10.1 Å². The van der Waals surface area contributed by atoms with Crippen molar-refractivity contribution in [3.63, 3.8) is 0 Å². The van der Waals surface area contributed by atoms with Crippen molar-refractivity contribution < 1.29 is 9.53 Å². The molecule has 32 heavy (non-hydrogen) atoms. The molecule has 1 aliphatic heterocycles. The van der Waals surface area contributed by atoms with E-state index in [2.05, 4.69) is 19.2 Å². The Morgan fingerprint density at radius 1 is 1.03 bits per heavy atom. The zero-order valence-electron chi connectivity index (χ0n) is 18.4. The lowest BCUT2D eigenvalue weighted by molar-refractivity contribution is 0.0227. The van der Waals surface area contributed by atoms with Gasteiger partial charge in [0.15, 0.2) is 0 Å². The van der Waals surface area contributed by atoms with Gasteiger partial charge in [0.2, 0.25) is 0 Å². The zero-order valence-corrected chi connectivity index (χ0v) is 20.0. The largest absolute Gasteiger partial charge is 0.487 e. The van der Waals surface area contributed by atoms with E-state index in [0.717, 1.165) is 41.4 Å². The van der Waals surface area contributed by atoms with Crippen LogP contribution in [0.4, 0.5) is 0 Å². The van der Waals surface area contributed by atoms with E-state index in [1.807, 2.05) is 72.8 Å². The summed E-state index contributed by atoms with van der Waals surface area (Å²) >= 11 is 7.70. The van der Waals surface area contributed by atoms with Gasteiger partial charge >= 0.3 is 0 Å². The summed E-state index contributed by atoms with van der Waals surface area (Å²) < 4.78 is 6.36. The van der Waals surface area contributed by atoms with Crippen molar-refractivity contribution in [2.45, 2.75) is 55.4 Å². The van der Waals surface area contributed by atoms with E-state index in [4.69, 9.17) is 16.3 Å². The fourth-order valence-electron chi connectivity index (χ4n) is 4.12. The first-order chi connectivity index (χ1) is 15.5. The van der Waals surface area contributed by atoms with Crippen LogP contribution in [0.2, 0.25) is 5.02 Å². The number of amides is 1. The van der Waals surface area contributed by atoms with Gasteiger partial charge in [0, 0.05) is 33.2 Å². The van der Waals surface area contributed by atoms with Crippen LogP contribution in [0, 0.1) is 0 Å². The maximum absolute atomic E-state index is 13.1. The van der Waals surface area contributed by atoms with Gasteiger partial charge in [-0.1, -0.05) is 55.8 Å². The predicted molar refractivity (Wildman–Crippen MR) is 133 cm³/mol. The van der Waals surface area contributed by atoms with E-state index < -0.39 is 0 Å². The van der Waals surface area contributed by atoms with E-state index in [1.165, 1.54) is 10.5 Å². The molecule has 5 heteroatoms. The Kier molecular flexibility index (Phi) is 7.12. The Morgan fingerprint density at radius 2 is 1.72 bits per heavy atom. The van der Waals surface area contributed by atoms with Crippen LogP contribution in [0.25, 0.3) is 0 Å². The molecule has 1 heterocycles. The summed E-state index contributed by atoms with van der Waals surface area (Å²) in [6.45, 7) is 4.30. The van der Waals surface area contributed by atoms with Crippen LogP contribution in [0.3, 0.4) is 0 Å². The average Bonchev–Trinajstić information content (AvgIpc) is 2.84. The van der Waals surface area contributed by atoms with Gasteiger partial charge in [-0.15, -0.1) is 11.8 Å². The number of ether oxygens (including phenoxy) is 1. The summed E-state index contributed by atoms with van der Waals surface area (Å²) in [6, 6.07) is 23.7. The Bertz CT molecular complexity index is 1060. The summed E-state index contributed by atoms with van der Waals surface area (Å²) in [4.78, 5) is 14.2. The summed E-state index contributed by atoms with van der Waals surface area (Å²) in [6.07, 6.45) is 2.59. The molecule has 166 valence electrons. The van der Waals surface area contributed by atoms with Crippen LogP contribution >= 0.6 is 23.4 Å². The quantitative estimate of drug-likeness (QED) is 0.368. The molecule has 3 aromatic carbocycles. The molecule has 1 unspecified atom stereocenters. The van der Waals surface area contributed by atoms with E-state index in [1.54, 1.807) is 11.8 Å². The van der Waals surface area contributed by atoms with E-state index >= 15 is 0 Å². The fourth-order valence-corrected chi connectivity index (χ4v) is 5.10. The molecule has 0 bridgehead atoms. The normalized spacial score (nSPS) is 16.7. The first-order valence-electron chi connectivity index (χ1n) is 11.1. The standard InChI is InChI=1S/C27H28ClNO2S/c1-3-27(4-2)17-24(23-7-5-6-8-25(23)31-27)29-26(30)20-11-9-19(10-12-20)18-32-22-15-13-21(28)14-16-22/h5-16,24H,3-4,17-18H2,1-2H3,(H,29,30). The van der Waals surface area contributed by atoms with Crippen LogP contribution in [-0.4, -0.2) is 11.5 Å². The molecule has 0 fully saturated rings. The second-order valence-corrected chi connectivity index (χ2v) is 9.68. The van der Waals surface area contributed by atoms with Crippen LogP contribution in [0.5, 0.6) is 5.75 Å². The minimum absolute atomic E-state index is 0.0512. The van der Waals surface area contributed by atoms with Crippen molar-refractivity contribution in [3.8, 4) is 5.75 Å². The first kappa shape index (κ1) is 22.8. The van der Waals surface area contributed by atoms with Crippen molar-refractivity contribution in [2.24, 2.45) is 0 Å². The Balaban J connectivity index is 1.43. The van der Waals surface area contributed by atoms with Gasteiger partial charge in [-0.05, 0) is 60.9 Å². The lowest BCUT2D eigenvalue weighted by Crippen LogP contribution is -2.44. The fraction of sp³-hybridized carbons (Fsp3) is 0.296. The number of nitrogens with one attached hydrogen (secondary N) is 1. The molecule has 1 amide bonds. The van der Waals surface area contributed by atoms with Crippen molar-refractivity contribution in [2.75, 3.05) is 0 Å². The zero-order chi connectivity index (χ0) is 22.6. The van der Waals surface area contributed by atoms with Gasteiger partial charge in [0.1, 0.15) is 11.4 Å². The van der Waals surface area contributed by atoms with Crippen molar-refractivity contribution in [1.29, 1.82) is 0 Å². The summed E-state index contributed by atoms with van der Waals surface area (Å²) in [5, 5.41) is 4.00. The lowest BCUT2D eigenvalue weighted by atomic mass is 9.83. The molecule has 0 spiro atoms. The highest BCUT2D eigenvalue weighted by Crippen LogP contribution is 2.42. The monoisotopic (exact) mass is 465 g/mol. The molecule has 3 aromatic rings. The SMILES string of the molecule is CCC1(CC)CC(NC(=O)c2ccc(CSc3ccc(Cl)cc3)cc2)c2ccccc2O1. The second-order valence-electron chi connectivity index (χ2n) is 8.20. The topological polar surface area (TPSA) is 38.3 Å². The van der Waals surface area contributed by atoms with Gasteiger partial charge in [-0.3, -0.25) is 4.79 Å². The predicted octanol–water partition coefficient (Wildman–Crippen LogP) is 7.44. The Labute approximate surface area is 199 Å². The molecule has 0 saturated heterocycles. The number of thioether (sulfide) groups is 1. The van der Waals surface area contributed by atoms with Crippen molar-refractivity contribution in [3.05, 3.63) is 94.5 Å². The maximum atomic E-state index is 13.1. The van der Waals surface area contributed by atoms with Crippen molar-refractivity contribution in [1.82, 2.24) is 5.32 Å². The van der Waals surface area contributed by atoms with Gasteiger partial charge in [0.05, 0.1) is 6.04 Å². The van der Waals surface area contributed by atoms with Crippen LogP contribution in [0.15, 0.2) is 77.7 Å². The minimum atomic E-state index is -0.241. The van der Waals surface area contributed by atoms with E-state index in [0.29, 0.717) is 5.56 Å². The molecule has 0 radical (unpaired) electrons. The van der Waals surface area contributed by atoms with Crippen LogP contribution in [0.1, 0.15) is 60.6 Å². The molecular weight excluding hydrogens is 438 g/mol. The van der Waals surface area contributed by atoms with Gasteiger partial charge in [-0.2, -0.15) is 0 Å². The number of fused-ring (bicyclic) bond motifs is 1. The third-order valence-electron chi connectivity index (χ3n) is 6.23. The number of hydrogen-bond donors (Lipinski definition) is 1. The molecule has 0 saturated carbocycles. The number of halogens is 1. The molecule has 1 atom stereocenters. The maximum Gasteiger partial charge on any atom is 0.251 e. The number of hydrogen-bond acceptors (Lipinski definition) is 3. The number of para-hydroxylation sites is 1. The van der Waals surface area contributed by atoms with Gasteiger partial charge in [-0.25, -0.2) is 0 Å². The molecule has 1 N–H and O–H groups in total. The number of carbonyl (C=O) groups excluding carboxylic acids is 1. The Morgan fingerprint density at radius 3 is 2.41 bits per heavy atom. The van der Waals surface area contributed by atoms with E-state index in [9.17, 15) is 4.79 Å². The number of benzene rings is 3. The second kappa shape index (κ2) is 10.0. The molecule has 0 aliphatic carbocycles. The van der Waals surface area contributed by atoms with Crippen LogP contribution in [-0.2, 0) is 5.75 Å². The molecule has 3 nitrogen and oxygen atoms in total. The Hall–Kier alpha value is -2.43. The molecule has 4 rings (SSSR count). The smallest absolute Gasteiger partial charge is 0.251 e. The number of rotatable bonds is 7. The number of carbonyl (C=O) groups is 1. The van der Waals surface area contributed by atoms with E-state index in [-0.39, 0.29) is 17.6 Å². The summed E-state index contributed by atoms with van der Waals surface area (Å²) in [5.74, 6) is 1.67. The minimum Gasteiger partial charge on any atom is -0.487 e. The average molecular weight is 466 g/mol. The first-order valence-corrected chi connectivity index (χ1v) is 12.4. The van der Waals surface area contributed by atoms with Gasteiger partial charge in [0.25, 0.3) is 5.91 Å². The third kappa shape index (κ3) is 5.13.